The van der Waals surface area contributed by atoms with Crippen molar-refractivity contribution in [2.24, 2.45) is 7.05 Å². The van der Waals surface area contributed by atoms with Crippen LogP contribution in [0, 0.1) is 11.6 Å². The summed E-state index contributed by atoms with van der Waals surface area (Å²) < 4.78 is 43.5. The molecule has 1 aliphatic heterocycles. The van der Waals surface area contributed by atoms with Gasteiger partial charge in [-0.1, -0.05) is 24.3 Å². The van der Waals surface area contributed by atoms with Crippen molar-refractivity contribution in [2.75, 3.05) is 6.61 Å². The van der Waals surface area contributed by atoms with Crippen molar-refractivity contribution in [3.63, 3.8) is 0 Å². The van der Waals surface area contributed by atoms with Crippen molar-refractivity contribution in [3.8, 4) is 34.0 Å². The fraction of sp³-hybridized carbons (Fsp3) is 0.259. The Hall–Kier alpha value is -4.34. The van der Waals surface area contributed by atoms with Crippen LogP contribution < -0.4 is 9.47 Å². The first kappa shape index (κ1) is 23.1. The van der Waals surface area contributed by atoms with E-state index in [9.17, 15) is 4.79 Å². The Balaban J connectivity index is 1.35. The van der Waals surface area contributed by atoms with Crippen LogP contribution in [-0.4, -0.2) is 37.9 Å². The van der Waals surface area contributed by atoms with Crippen molar-refractivity contribution < 1.29 is 28.2 Å². The highest BCUT2D eigenvalue weighted by atomic mass is 19.1. The van der Waals surface area contributed by atoms with Gasteiger partial charge < -0.3 is 14.6 Å². The van der Waals surface area contributed by atoms with Crippen molar-refractivity contribution in [1.82, 2.24) is 20.2 Å². The number of carboxylic acids is 1. The normalized spacial score (nSPS) is 17.8. The quantitative estimate of drug-likeness (QED) is 0.401. The van der Waals surface area contributed by atoms with Gasteiger partial charge in [0.1, 0.15) is 29.2 Å². The molecule has 0 fully saturated rings. The standard InChI is InChI=1S/C27H22F2N4O4/c1-33-27(30-31-32-33)26-18(3-2-4-20(26)28)17-7-9-21(29)25-19(17)8-10-22(25)37-15-5-6-16-14(11-24(34)35)13-36-23(16)12-15/h2-7,9,12,14,22H,8,10-11,13H2,1H3,(H,34,35)/t14-,22?/m1/s1. The SMILES string of the molecule is Cn1nnnc1-c1c(F)cccc1-c1ccc(F)c2c1CCC2Oc1ccc2c(c1)OC[C@H]2CC(=O)O. The van der Waals surface area contributed by atoms with E-state index in [2.05, 4.69) is 15.5 Å². The summed E-state index contributed by atoms with van der Waals surface area (Å²) >= 11 is 0. The molecule has 0 saturated heterocycles. The van der Waals surface area contributed by atoms with Gasteiger partial charge in [-0.15, -0.1) is 5.10 Å². The average molecular weight is 504 g/mol. The van der Waals surface area contributed by atoms with Crippen LogP contribution >= 0.6 is 0 Å². The molecule has 4 aromatic rings. The number of nitrogens with zero attached hydrogens (tertiary/aromatic N) is 4. The minimum atomic E-state index is -0.882. The van der Waals surface area contributed by atoms with Crippen LogP contribution in [0.15, 0.2) is 48.5 Å². The lowest BCUT2D eigenvalue weighted by Crippen LogP contribution is -2.07. The molecule has 8 nitrogen and oxygen atoms in total. The number of carbonyl (C=O) groups is 1. The monoisotopic (exact) mass is 504 g/mol. The van der Waals surface area contributed by atoms with E-state index in [-0.39, 0.29) is 23.7 Å². The second-order valence-corrected chi connectivity index (χ2v) is 9.23. The van der Waals surface area contributed by atoms with E-state index in [4.69, 9.17) is 14.6 Å². The van der Waals surface area contributed by atoms with E-state index < -0.39 is 23.7 Å². The highest BCUT2D eigenvalue weighted by molar-refractivity contribution is 5.83. The van der Waals surface area contributed by atoms with Crippen LogP contribution in [0.3, 0.4) is 0 Å². The zero-order valence-electron chi connectivity index (χ0n) is 19.8. The van der Waals surface area contributed by atoms with E-state index in [0.29, 0.717) is 47.6 Å². The van der Waals surface area contributed by atoms with E-state index in [1.165, 1.54) is 16.8 Å². The number of aromatic nitrogens is 4. The molecule has 2 atom stereocenters. The van der Waals surface area contributed by atoms with Gasteiger partial charge >= 0.3 is 5.97 Å². The average Bonchev–Trinajstić information content (AvgIpc) is 3.59. The maximum absolute atomic E-state index is 15.2. The molecule has 1 N–H and O–H groups in total. The van der Waals surface area contributed by atoms with Gasteiger partial charge in [0.15, 0.2) is 5.82 Å². The summed E-state index contributed by atoms with van der Waals surface area (Å²) in [4.78, 5) is 11.1. The molecule has 0 amide bonds. The first-order chi connectivity index (χ1) is 17.9. The van der Waals surface area contributed by atoms with E-state index in [1.54, 1.807) is 37.4 Å². The molecule has 1 unspecified atom stereocenters. The highest BCUT2D eigenvalue weighted by Crippen LogP contribution is 2.45. The lowest BCUT2D eigenvalue weighted by Gasteiger charge is -2.18. The lowest BCUT2D eigenvalue weighted by atomic mass is 9.92. The number of halogens is 2. The number of carboxylic acid groups (broad SMARTS) is 1. The number of benzene rings is 3. The van der Waals surface area contributed by atoms with Gasteiger partial charge in [-0.05, 0) is 58.2 Å². The van der Waals surface area contributed by atoms with Crippen LogP contribution in [0.2, 0.25) is 0 Å². The zero-order valence-corrected chi connectivity index (χ0v) is 19.8. The van der Waals surface area contributed by atoms with Crippen molar-refractivity contribution in [1.29, 1.82) is 0 Å². The number of tetrazole rings is 1. The van der Waals surface area contributed by atoms with Crippen LogP contribution in [0.5, 0.6) is 11.5 Å². The summed E-state index contributed by atoms with van der Waals surface area (Å²) in [5.74, 6) is -0.592. The predicted molar refractivity (Wildman–Crippen MR) is 128 cm³/mol. The number of aliphatic carboxylic acids is 1. The van der Waals surface area contributed by atoms with Gasteiger partial charge in [-0.25, -0.2) is 13.5 Å². The molecule has 2 heterocycles. The number of rotatable bonds is 6. The maximum atomic E-state index is 15.2. The largest absolute Gasteiger partial charge is 0.492 e. The summed E-state index contributed by atoms with van der Waals surface area (Å²) in [5, 5.41) is 20.6. The number of hydrogen-bond acceptors (Lipinski definition) is 6. The molecule has 0 bridgehead atoms. The van der Waals surface area contributed by atoms with Gasteiger partial charge in [0.25, 0.3) is 0 Å². The van der Waals surface area contributed by atoms with Gasteiger partial charge in [-0.3, -0.25) is 4.79 Å². The Morgan fingerprint density at radius 2 is 2.03 bits per heavy atom. The third-order valence-corrected chi connectivity index (χ3v) is 6.99. The fourth-order valence-corrected chi connectivity index (χ4v) is 5.33. The molecule has 0 spiro atoms. The van der Waals surface area contributed by atoms with E-state index in [1.807, 2.05) is 6.07 Å². The summed E-state index contributed by atoms with van der Waals surface area (Å²) in [6, 6.07) is 13.1. The number of hydrogen-bond donors (Lipinski definition) is 1. The molecule has 1 aromatic heterocycles. The molecule has 10 heteroatoms. The molecule has 1 aliphatic carbocycles. The number of fused-ring (bicyclic) bond motifs is 2. The molecule has 188 valence electrons. The summed E-state index contributed by atoms with van der Waals surface area (Å²) in [6.07, 6.45) is 0.531. The topological polar surface area (TPSA) is 99.4 Å². The molecule has 37 heavy (non-hydrogen) atoms. The van der Waals surface area contributed by atoms with Crippen molar-refractivity contribution >= 4 is 5.97 Å². The second kappa shape index (κ2) is 8.95. The van der Waals surface area contributed by atoms with Gasteiger partial charge in [-0.2, -0.15) is 0 Å². The Bertz CT molecular complexity index is 1540. The van der Waals surface area contributed by atoms with E-state index >= 15 is 8.78 Å². The molecular formula is C27H22F2N4O4. The summed E-state index contributed by atoms with van der Waals surface area (Å²) in [6.45, 7) is 0.298. The van der Waals surface area contributed by atoms with Gasteiger partial charge in [0, 0.05) is 30.2 Å². The molecular weight excluding hydrogens is 482 g/mol. The van der Waals surface area contributed by atoms with Crippen LogP contribution in [-0.2, 0) is 18.3 Å². The second-order valence-electron chi connectivity index (χ2n) is 9.23. The van der Waals surface area contributed by atoms with Crippen molar-refractivity contribution in [2.45, 2.75) is 31.3 Å². The summed E-state index contributed by atoms with van der Waals surface area (Å²) in [7, 11) is 1.63. The number of ether oxygens (including phenoxy) is 2. The van der Waals surface area contributed by atoms with Crippen molar-refractivity contribution in [3.05, 3.63) is 76.9 Å². The van der Waals surface area contributed by atoms with Gasteiger partial charge in [0.05, 0.1) is 18.6 Å². The van der Waals surface area contributed by atoms with Gasteiger partial charge in [0.2, 0.25) is 0 Å². The smallest absolute Gasteiger partial charge is 0.304 e. The molecule has 6 rings (SSSR count). The molecule has 0 saturated carbocycles. The Kier molecular flexibility index (Phi) is 5.58. The Morgan fingerprint density at radius 1 is 1.16 bits per heavy atom. The molecule has 3 aromatic carbocycles. The molecule has 0 radical (unpaired) electrons. The Morgan fingerprint density at radius 3 is 2.81 bits per heavy atom. The third-order valence-electron chi connectivity index (χ3n) is 6.99. The zero-order chi connectivity index (χ0) is 25.7. The lowest BCUT2D eigenvalue weighted by molar-refractivity contribution is -0.137. The first-order valence-corrected chi connectivity index (χ1v) is 11.9. The third kappa shape index (κ3) is 3.98. The minimum absolute atomic E-state index is 0.0103. The van der Waals surface area contributed by atoms with Crippen LogP contribution in [0.25, 0.3) is 22.5 Å². The first-order valence-electron chi connectivity index (χ1n) is 11.9. The predicted octanol–water partition coefficient (Wildman–Crippen LogP) is 4.84. The summed E-state index contributed by atoms with van der Waals surface area (Å²) in [5.41, 5.74) is 3.55. The molecule has 2 aliphatic rings. The fourth-order valence-electron chi connectivity index (χ4n) is 5.33. The minimum Gasteiger partial charge on any atom is -0.492 e. The van der Waals surface area contributed by atoms with Crippen LogP contribution in [0.1, 0.15) is 41.6 Å². The highest BCUT2D eigenvalue weighted by Gasteiger charge is 2.32. The Labute approximate surface area is 210 Å². The van der Waals surface area contributed by atoms with Crippen LogP contribution in [0.4, 0.5) is 8.78 Å². The van der Waals surface area contributed by atoms with E-state index in [0.717, 1.165) is 11.1 Å². The maximum Gasteiger partial charge on any atom is 0.304 e. The number of aryl methyl sites for hydroxylation is 1.